The minimum Gasteiger partial charge on any atom is -0.350 e. The van der Waals surface area contributed by atoms with E-state index in [4.69, 9.17) is 0 Å². The number of nitro benzene ring substituents is 1. The highest BCUT2D eigenvalue weighted by molar-refractivity contribution is 9.10. The Morgan fingerprint density at radius 3 is 2.40 bits per heavy atom. The van der Waals surface area contributed by atoms with E-state index in [1.54, 1.807) is 25.1 Å². The monoisotopic (exact) mass is 405 g/mol. The Bertz CT molecular complexity index is 823. The van der Waals surface area contributed by atoms with Crippen LogP contribution in [0.15, 0.2) is 46.9 Å². The second-order valence-electron chi connectivity index (χ2n) is 5.28. The number of aryl methyl sites for hydroxylation is 1. The topological polar surface area (TPSA) is 101 Å². The fourth-order valence-corrected chi connectivity index (χ4v) is 2.55. The highest BCUT2D eigenvalue weighted by Gasteiger charge is 2.14. The van der Waals surface area contributed by atoms with E-state index in [1.165, 1.54) is 18.2 Å². The number of carbonyl (C=O) groups excluding carboxylic acids is 2. The predicted octanol–water partition coefficient (Wildman–Crippen LogP) is 2.83. The van der Waals surface area contributed by atoms with E-state index in [1.807, 2.05) is 6.07 Å². The van der Waals surface area contributed by atoms with Gasteiger partial charge in [0.15, 0.2) is 0 Å². The van der Waals surface area contributed by atoms with Crippen molar-refractivity contribution in [1.82, 2.24) is 10.6 Å². The molecule has 130 valence electrons. The Morgan fingerprint density at radius 2 is 1.76 bits per heavy atom. The zero-order valence-electron chi connectivity index (χ0n) is 13.4. The summed E-state index contributed by atoms with van der Waals surface area (Å²) in [6, 6.07) is 11.1. The summed E-state index contributed by atoms with van der Waals surface area (Å²) in [5.41, 5.74) is 1.25. The minimum absolute atomic E-state index is 0.140. The molecule has 7 nitrogen and oxygen atoms in total. The number of nitrogens with zero attached hydrogens (tertiary/aromatic N) is 1. The molecule has 2 amide bonds. The number of hydrogen-bond acceptors (Lipinski definition) is 4. The predicted molar refractivity (Wildman–Crippen MR) is 96.6 cm³/mol. The molecule has 25 heavy (non-hydrogen) atoms. The molecule has 0 aromatic heterocycles. The molecule has 2 N–H and O–H groups in total. The summed E-state index contributed by atoms with van der Waals surface area (Å²) in [5.74, 6) is -0.667. The Morgan fingerprint density at radius 1 is 1.08 bits per heavy atom. The summed E-state index contributed by atoms with van der Waals surface area (Å²) in [7, 11) is 0. The summed E-state index contributed by atoms with van der Waals surface area (Å²) >= 11 is 3.29. The van der Waals surface area contributed by atoms with Crippen molar-refractivity contribution in [2.24, 2.45) is 0 Å². The number of halogens is 1. The molecule has 0 radical (unpaired) electrons. The van der Waals surface area contributed by atoms with Crippen molar-refractivity contribution in [1.29, 1.82) is 0 Å². The second kappa shape index (κ2) is 8.39. The van der Waals surface area contributed by atoms with Gasteiger partial charge in [-0.25, -0.2) is 0 Å². The zero-order valence-corrected chi connectivity index (χ0v) is 15.0. The van der Waals surface area contributed by atoms with E-state index in [0.717, 1.165) is 4.47 Å². The number of hydrogen-bond donors (Lipinski definition) is 2. The normalized spacial score (nSPS) is 10.2. The molecule has 2 rings (SSSR count). The summed E-state index contributed by atoms with van der Waals surface area (Å²) in [6.07, 6.45) is 0. The number of nitro groups is 1. The molecule has 0 bridgehead atoms. The molecular weight excluding hydrogens is 390 g/mol. The van der Waals surface area contributed by atoms with E-state index in [9.17, 15) is 19.7 Å². The molecule has 0 heterocycles. The number of rotatable bonds is 6. The van der Waals surface area contributed by atoms with E-state index < -0.39 is 10.8 Å². The van der Waals surface area contributed by atoms with Crippen molar-refractivity contribution < 1.29 is 14.5 Å². The molecule has 8 heteroatoms. The molecular formula is C17H16BrN3O4. The Hall–Kier alpha value is -2.74. The molecule has 0 aliphatic carbocycles. The van der Waals surface area contributed by atoms with Crippen LogP contribution in [0, 0.1) is 17.0 Å². The molecule has 0 fully saturated rings. The molecule has 0 saturated heterocycles. The van der Waals surface area contributed by atoms with Crippen molar-refractivity contribution >= 4 is 33.4 Å². The largest absolute Gasteiger partial charge is 0.350 e. The number of carbonyl (C=O) groups is 2. The first-order chi connectivity index (χ1) is 11.9. The third kappa shape index (κ3) is 5.12. The van der Waals surface area contributed by atoms with Crippen molar-refractivity contribution in [3.8, 4) is 0 Å². The molecule has 0 unspecified atom stereocenters. The molecule has 2 aromatic carbocycles. The van der Waals surface area contributed by atoms with Crippen LogP contribution in [0.2, 0.25) is 0 Å². The van der Waals surface area contributed by atoms with Gasteiger partial charge in [-0.3, -0.25) is 19.7 Å². The Labute approximate surface area is 152 Å². The van der Waals surface area contributed by atoms with Crippen molar-refractivity contribution in [2.75, 3.05) is 13.1 Å². The van der Waals surface area contributed by atoms with Gasteiger partial charge in [-0.15, -0.1) is 0 Å². The van der Waals surface area contributed by atoms with E-state index in [0.29, 0.717) is 11.1 Å². The molecule has 0 aliphatic rings. The Kier molecular flexibility index (Phi) is 6.24. The first-order valence-electron chi connectivity index (χ1n) is 7.45. The number of nitrogens with one attached hydrogen (secondary N) is 2. The SMILES string of the molecule is Cc1ccc([N+](=O)[O-])cc1C(=O)NCCNC(=O)c1cccc(Br)c1. The van der Waals surface area contributed by atoms with E-state index in [-0.39, 0.29) is 30.2 Å². The lowest BCUT2D eigenvalue weighted by atomic mass is 10.1. The van der Waals surface area contributed by atoms with Gasteiger partial charge in [0, 0.05) is 40.8 Å². The van der Waals surface area contributed by atoms with E-state index >= 15 is 0 Å². The van der Waals surface area contributed by atoms with Crippen LogP contribution in [0.3, 0.4) is 0 Å². The fraction of sp³-hybridized carbons (Fsp3) is 0.176. The van der Waals surface area contributed by atoms with Gasteiger partial charge in [-0.1, -0.05) is 28.1 Å². The summed E-state index contributed by atoms with van der Waals surface area (Å²) < 4.78 is 0.801. The summed E-state index contributed by atoms with van der Waals surface area (Å²) in [5, 5.41) is 16.1. The number of amides is 2. The van der Waals surface area contributed by atoms with Crippen LogP contribution in [0.1, 0.15) is 26.3 Å². The third-order valence-electron chi connectivity index (χ3n) is 3.46. The van der Waals surface area contributed by atoms with Crippen molar-refractivity contribution in [3.63, 3.8) is 0 Å². The minimum atomic E-state index is -0.547. The van der Waals surface area contributed by atoms with Gasteiger partial charge in [-0.2, -0.15) is 0 Å². The smallest absolute Gasteiger partial charge is 0.270 e. The lowest BCUT2D eigenvalue weighted by Crippen LogP contribution is -2.35. The van der Waals surface area contributed by atoms with Gasteiger partial charge in [0.2, 0.25) is 0 Å². The quantitative estimate of drug-likeness (QED) is 0.438. The molecule has 0 atom stereocenters. The Balaban J connectivity index is 1.87. The standard InChI is InChI=1S/C17H16BrN3O4/c1-11-5-6-14(21(24)25)10-15(11)17(23)20-8-7-19-16(22)12-3-2-4-13(18)9-12/h2-6,9-10H,7-8H2,1H3,(H,19,22)(H,20,23). The van der Waals surface area contributed by atoms with Gasteiger partial charge >= 0.3 is 0 Å². The van der Waals surface area contributed by atoms with Crippen molar-refractivity contribution in [3.05, 3.63) is 73.7 Å². The van der Waals surface area contributed by atoms with Crippen LogP contribution in [0.25, 0.3) is 0 Å². The van der Waals surface area contributed by atoms with Gasteiger partial charge in [0.05, 0.1) is 4.92 Å². The summed E-state index contributed by atoms with van der Waals surface area (Å²) in [6.45, 7) is 2.15. The molecule has 0 saturated carbocycles. The fourth-order valence-electron chi connectivity index (χ4n) is 2.15. The lowest BCUT2D eigenvalue weighted by Gasteiger charge is -2.09. The summed E-state index contributed by atoms with van der Waals surface area (Å²) in [4.78, 5) is 34.4. The van der Waals surface area contributed by atoms with Gasteiger partial charge in [-0.05, 0) is 30.7 Å². The van der Waals surface area contributed by atoms with Crippen LogP contribution >= 0.6 is 15.9 Å². The van der Waals surface area contributed by atoms with Crippen LogP contribution in [-0.2, 0) is 0 Å². The average Bonchev–Trinajstić information content (AvgIpc) is 2.58. The van der Waals surface area contributed by atoms with E-state index in [2.05, 4.69) is 26.6 Å². The van der Waals surface area contributed by atoms with Crippen molar-refractivity contribution in [2.45, 2.75) is 6.92 Å². The third-order valence-corrected chi connectivity index (χ3v) is 3.95. The van der Waals surface area contributed by atoms with Crippen LogP contribution in [-0.4, -0.2) is 29.8 Å². The highest BCUT2D eigenvalue weighted by atomic mass is 79.9. The maximum absolute atomic E-state index is 12.1. The second-order valence-corrected chi connectivity index (χ2v) is 6.19. The molecule has 0 spiro atoms. The van der Waals surface area contributed by atoms with Crippen LogP contribution < -0.4 is 10.6 Å². The number of benzene rings is 2. The molecule has 2 aromatic rings. The zero-order chi connectivity index (χ0) is 18.4. The lowest BCUT2D eigenvalue weighted by molar-refractivity contribution is -0.384. The highest BCUT2D eigenvalue weighted by Crippen LogP contribution is 2.17. The number of non-ortho nitro benzene ring substituents is 1. The first-order valence-corrected chi connectivity index (χ1v) is 8.25. The first kappa shape index (κ1) is 18.6. The van der Waals surface area contributed by atoms with Gasteiger partial charge in [0.25, 0.3) is 17.5 Å². The van der Waals surface area contributed by atoms with Crippen LogP contribution in [0.4, 0.5) is 5.69 Å². The van der Waals surface area contributed by atoms with Gasteiger partial charge in [0.1, 0.15) is 0 Å². The maximum atomic E-state index is 12.1. The molecule has 0 aliphatic heterocycles. The van der Waals surface area contributed by atoms with Gasteiger partial charge < -0.3 is 10.6 Å². The average molecular weight is 406 g/mol. The maximum Gasteiger partial charge on any atom is 0.270 e. The van der Waals surface area contributed by atoms with Crippen LogP contribution in [0.5, 0.6) is 0 Å².